The third-order valence-electron chi connectivity index (χ3n) is 5.67. The summed E-state index contributed by atoms with van der Waals surface area (Å²) in [6, 6.07) is 13.5. The summed E-state index contributed by atoms with van der Waals surface area (Å²) in [7, 11) is 1.69. The summed E-state index contributed by atoms with van der Waals surface area (Å²) in [6.07, 6.45) is 0.521. The third kappa shape index (κ3) is 3.14. The number of aryl methyl sites for hydroxylation is 1. The number of nitrogens with zero attached hydrogens (tertiary/aromatic N) is 1. The van der Waals surface area contributed by atoms with Crippen LogP contribution in [0.2, 0.25) is 0 Å². The number of aromatic nitrogens is 1. The molecular weight excluding hydrogens is 384 g/mol. The van der Waals surface area contributed by atoms with Crippen LogP contribution in [-0.4, -0.2) is 30.5 Å². The van der Waals surface area contributed by atoms with Gasteiger partial charge < -0.3 is 24.1 Å². The summed E-state index contributed by atoms with van der Waals surface area (Å²) >= 11 is 0. The number of hydrogen-bond acceptors (Lipinski definition) is 6. The fourth-order valence-corrected chi connectivity index (χ4v) is 4.22. The van der Waals surface area contributed by atoms with Crippen molar-refractivity contribution in [1.29, 1.82) is 0 Å². The molecule has 1 saturated heterocycles. The lowest BCUT2D eigenvalue weighted by atomic mass is 10.1. The molecule has 3 heterocycles. The first-order valence-electron chi connectivity index (χ1n) is 10.1. The molecule has 2 aromatic carbocycles. The summed E-state index contributed by atoms with van der Waals surface area (Å²) < 4.78 is 18.5. The van der Waals surface area contributed by atoms with Gasteiger partial charge in [0.15, 0.2) is 11.5 Å². The lowest BCUT2D eigenvalue weighted by Crippen LogP contribution is -2.44. The average molecular weight is 408 g/mol. The number of benzene rings is 2. The Morgan fingerprint density at radius 2 is 2.07 bits per heavy atom. The van der Waals surface area contributed by atoms with E-state index in [2.05, 4.69) is 39.8 Å². The Morgan fingerprint density at radius 3 is 2.90 bits per heavy atom. The van der Waals surface area contributed by atoms with Gasteiger partial charge in [-0.2, -0.15) is 0 Å². The number of nitrogens with one attached hydrogen (secondary N) is 3. The van der Waals surface area contributed by atoms with Crippen LogP contribution in [0.4, 0.5) is 0 Å². The van der Waals surface area contributed by atoms with Gasteiger partial charge >= 0.3 is 0 Å². The number of hydrogen-bond donors (Lipinski definition) is 3. The van der Waals surface area contributed by atoms with Crippen molar-refractivity contribution in [3.05, 3.63) is 53.7 Å². The number of carbonyl (C=O) groups excluding carboxylic acids is 1. The van der Waals surface area contributed by atoms with Crippen molar-refractivity contribution in [1.82, 2.24) is 20.7 Å². The fourth-order valence-electron chi connectivity index (χ4n) is 4.22. The van der Waals surface area contributed by atoms with Crippen molar-refractivity contribution in [2.24, 2.45) is 0 Å². The topological polar surface area (TPSA) is 85.8 Å². The minimum atomic E-state index is -0.196. The van der Waals surface area contributed by atoms with Crippen LogP contribution in [0.3, 0.4) is 0 Å². The van der Waals surface area contributed by atoms with Crippen molar-refractivity contribution in [2.45, 2.75) is 32.1 Å². The molecule has 156 valence electrons. The van der Waals surface area contributed by atoms with Crippen molar-refractivity contribution in [2.75, 3.05) is 13.9 Å². The molecule has 5 rings (SSSR count). The molecule has 8 nitrogen and oxygen atoms in total. The van der Waals surface area contributed by atoms with E-state index in [1.54, 1.807) is 25.3 Å². The molecule has 0 bridgehead atoms. The van der Waals surface area contributed by atoms with E-state index in [-0.39, 0.29) is 24.9 Å². The molecule has 1 amide bonds. The Morgan fingerprint density at radius 1 is 1.20 bits per heavy atom. The first kappa shape index (κ1) is 18.8. The zero-order valence-electron chi connectivity index (χ0n) is 16.9. The van der Waals surface area contributed by atoms with E-state index in [0.717, 1.165) is 35.3 Å². The number of fused-ring (bicyclic) bond motifs is 2. The predicted octanol–water partition coefficient (Wildman–Crippen LogP) is 2.69. The van der Waals surface area contributed by atoms with E-state index in [0.29, 0.717) is 17.1 Å². The normalized spacial score (nSPS) is 19.9. The second-order valence-electron chi connectivity index (χ2n) is 7.38. The summed E-state index contributed by atoms with van der Waals surface area (Å²) in [5.41, 5.74) is 9.36. The van der Waals surface area contributed by atoms with Gasteiger partial charge in [-0.15, -0.1) is 0 Å². The van der Waals surface area contributed by atoms with Gasteiger partial charge in [0.2, 0.25) is 6.79 Å². The molecule has 2 aliphatic heterocycles. The van der Waals surface area contributed by atoms with Crippen LogP contribution >= 0.6 is 0 Å². The Balaban J connectivity index is 1.33. The summed E-state index contributed by atoms with van der Waals surface area (Å²) in [6.45, 7) is 3.16. The molecule has 1 aromatic heterocycles. The second kappa shape index (κ2) is 7.55. The predicted molar refractivity (Wildman–Crippen MR) is 112 cm³/mol. The highest BCUT2D eigenvalue weighted by atomic mass is 16.7. The number of carbonyl (C=O) groups is 1. The van der Waals surface area contributed by atoms with Crippen molar-refractivity contribution in [3.8, 4) is 17.2 Å². The molecule has 2 atom stereocenters. The van der Waals surface area contributed by atoms with E-state index >= 15 is 0 Å². The Bertz CT molecular complexity index is 1110. The first-order chi connectivity index (χ1) is 14.7. The molecule has 1 fully saturated rings. The highest BCUT2D eigenvalue weighted by Gasteiger charge is 2.29. The monoisotopic (exact) mass is 408 g/mol. The van der Waals surface area contributed by atoms with Gasteiger partial charge in [0, 0.05) is 29.6 Å². The Kier molecular flexibility index (Phi) is 4.72. The highest BCUT2D eigenvalue weighted by molar-refractivity contribution is 5.95. The van der Waals surface area contributed by atoms with Gasteiger partial charge in [-0.1, -0.05) is 6.07 Å². The van der Waals surface area contributed by atoms with E-state index in [1.165, 1.54) is 0 Å². The standard InChI is InChI=1S/C22H24N4O4/c1-3-26-16-5-4-6-18(28-2)14(16)10-17(26)15-11-21(25-24-15)23-22(27)13-7-8-19-20(9-13)30-12-29-19/h4-10,15,21,24-25H,3,11-12H2,1-2H3,(H,23,27). The molecule has 2 unspecified atom stereocenters. The maximum absolute atomic E-state index is 12.7. The Labute approximate surface area is 174 Å². The van der Waals surface area contributed by atoms with Gasteiger partial charge in [0.05, 0.1) is 24.8 Å². The average Bonchev–Trinajstić information content (AvgIpc) is 3.50. The van der Waals surface area contributed by atoms with Crippen LogP contribution in [0, 0.1) is 0 Å². The van der Waals surface area contributed by atoms with Crippen LogP contribution in [0.1, 0.15) is 35.4 Å². The minimum Gasteiger partial charge on any atom is -0.496 e. The molecule has 0 aliphatic carbocycles. The molecular formula is C22H24N4O4. The maximum atomic E-state index is 12.7. The van der Waals surface area contributed by atoms with Crippen molar-refractivity contribution < 1.29 is 19.0 Å². The van der Waals surface area contributed by atoms with Gasteiger partial charge in [-0.25, -0.2) is 10.9 Å². The van der Waals surface area contributed by atoms with E-state index < -0.39 is 0 Å². The molecule has 8 heteroatoms. The van der Waals surface area contributed by atoms with Gasteiger partial charge in [-0.05, 0) is 43.3 Å². The summed E-state index contributed by atoms with van der Waals surface area (Å²) in [5, 5.41) is 4.13. The molecule has 0 spiro atoms. The zero-order chi connectivity index (χ0) is 20.7. The number of ether oxygens (including phenoxy) is 3. The summed E-state index contributed by atoms with van der Waals surface area (Å²) in [4.78, 5) is 12.7. The van der Waals surface area contributed by atoms with Gasteiger partial charge in [-0.3, -0.25) is 4.79 Å². The summed E-state index contributed by atoms with van der Waals surface area (Å²) in [5.74, 6) is 1.96. The molecule has 3 aromatic rings. The SMILES string of the molecule is CCn1c(C2CC(NC(=O)c3ccc4c(c3)OCO4)NN2)cc2c(OC)cccc21. The molecule has 3 N–H and O–H groups in total. The van der Waals surface area contributed by atoms with Crippen LogP contribution in [0.5, 0.6) is 17.2 Å². The molecule has 0 radical (unpaired) electrons. The second-order valence-corrected chi connectivity index (χ2v) is 7.38. The van der Waals surface area contributed by atoms with Gasteiger partial charge in [0.25, 0.3) is 5.91 Å². The zero-order valence-corrected chi connectivity index (χ0v) is 16.9. The molecule has 30 heavy (non-hydrogen) atoms. The smallest absolute Gasteiger partial charge is 0.252 e. The fraction of sp³-hybridized carbons (Fsp3) is 0.318. The van der Waals surface area contributed by atoms with Crippen molar-refractivity contribution in [3.63, 3.8) is 0 Å². The highest BCUT2D eigenvalue weighted by Crippen LogP contribution is 2.34. The van der Waals surface area contributed by atoms with E-state index in [4.69, 9.17) is 14.2 Å². The van der Waals surface area contributed by atoms with Gasteiger partial charge in [0.1, 0.15) is 5.75 Å². The van der Waals surface area contributed by atoms with E-state index in [9.17, 15) is 4.79 Å². The lowest BCUT2D eigenvalue weighted by molar-refractivity contribution is 0.0932. The van der Waals surface area contributed by atoms with Crippen LogP contribution < -0.4 is 30.4 Å². The minimum absolute atomic E-state index is 0.0594. The lowest BCUT2D eigenvalue weighted by Gasteiger charge is -2.14. The van der Waals surface area contributed by atoms with Crippen LogP contribution in [0.15, 0.2) is 42.5 Å². The van der Waals surface area contributed by atoms with Crippen LogP contribution in [-0.2, 0) is 6.54 Å². The first-order valence-corrected chi connectivity index (χ1v) is 10.1. The molecule has 2 aliphatic rings. The number of amides is 1. The van der Waals surface area contributed by atoms with E-state index in [1.807, 2.05) is 12.1 Å². The number of hydrazine groups is 1. The molecule has 0 saturated carbocycles. The number of methoxy groups -OCH3 is 1. The van der Waals surface area contributed by atoms with Crippen LogP contribution in [0.25, 0.3) is 10.9 Å². The number of rotatable bonds is 5. The maximum Gasteiger partial charge on any atom is 0.252 e. The Hall–Kier alpha value is -3.23. The van der Waals surface area contributed by atoms with Crippen molar-refractivity contribution >= 4 is 16.8 Å². The largest absolute Gasteiger partial charge is 0.496 e. The quantitative estimate of drug-likeness (QED) is 0.602. The third-order valence-corrected chi connectivity index (χ3v) is 5.67.